The number of rotatable bonds is 8. The Balaban J connectivity index is 0.000000216. The minimum absolute atomic E-state index is 0. The molecule has 0 spiro atoms. The van der Waals surface area contributed by atoms with Crippen molar-refractivity contribution in [3.05, 3.63) is 108 Å². The molecule has 4 aliphatic rings. The Bertz CT molecular complexity index is 1550. The highest BCUT2D eigenvalue weighted by atomic mass is 35.5. The second kappa shape index (κ2) is 19.0. The van der Waals surface area contributed by atoms with Gasteiger partial charge in [-0.1, -0.05) is 24.3 Å². The van der Waals surface area contributed by atoms with Crippen LogP contribution in [0.2, 0.25) is 0 Å². The third-order valence-corrected chi connectivity index (χ3v) is 9.65. The molecule has 4 aliphatic heterocycles. The van der Waals surface area contributed by atoms with Crippen LogP contribution in [0.4, 0.5) is 8.78 Å². The zero-order chi connectivity index (χ0) is 32.7. The second-order valence-electron chi connectivity index (χ2n) is 12.7. The van der Waals surface area contributed by atoms with Crippen molar-refractivity contribution in [2.24, 2.45) is 11.8 Å². The van der Waals surface area contributed by atoms with Gasteiger partial charge in [-0.05, 0) is 59.7 Å². The van der Waals surface area contributed by atoms with E-state index < -0.39 is 0 Å². The molecular formula is C38H44Cl2F2N2O7. The van der Waals surface area contributed by atoms with Gasteiger partial charge in [0.1, 0.15) is 23.1 Å². The maximum atomic E-state index is 13.2. The molecule has 0 saturated carbocycles. The van der Waals surface area contributed by atoms with E-state index in [9.17, 15) is 8.78 Å². The van der Waals surface area contributed by atoms with Crippen LogP contribution in [0.25, 0.3) is 0 Å². The molecule has 0 aliphatic carbocycles. The van der Waals surface area contributed by atoms with Crippen LogP contribution in [0.15, 0.2) is 84.9 Å². The summed E-state index contributed by atoms with van der Waals surface area (Å²) < 4.78 is 59.8. The van der Waals surface area contributed by atoms with Crippen molar-refractivity contribution in [3.63, 3.8) is 0 Å². The molecule has 4 heterocycles. The van der Waals surface area contributed by atoms with Gasteiger partial charge in [-0.3, -0.25) is 0 Å². The lowest BCUT2D eigenvalue weighted by molar-refractivity contribution is -0.670. The fourth-order valence-corrected chi connectivity index (χ4v) is 7.06. The molecule has 6 N–H and O–H groups in total. The number of hydrogen-bond donors (Lipinski definition) is 2. The predicted molar refractivity (Wildman–Crippen MR) is 178 cm³/mol. The lowest BCUT2D eigenvalue weighted by atomic mass is 9.81. The molecule has 51 heavy (non-hydrogen) atoms. The summed E-state index contributed by atoms with van der Waals surface area (Å²) in [4.78, 5) is 0. The van der Waals surface area contributed by atoms with Crippen LogP contribution in [-0.4, -0.2) is 58.5 Å². The van der Waals surface area contributed by atoms with Gasteiger partial charge in [0.2, 0.25) is 13.6 Å². The maximum absolute atomic E-state index is 13.2. The summed E-state index contributed by atoms with van der Waals surface area (Å²) in [5.74, 6) is 5.82. The molecule has 0 bridgehead atoms. The predicted octanol–water partition coefficient (Wildman–Crippen LogP) is -2.22. The Morgan fingerprint density at radius 2 is 0.941 bits per heavy atom. The molecule has 0 radical (unpaired) electrons. The highest BCUT2D eigenvalue weighted by molar-refractivity contribution is 5.47. The van der Waals surface area contributed by atoms with Gasteiger partial charge in [0.25, 0.3) is 0 Å². The van der Waals surface area contributed by atoms with Gasteiger partial charge in [-0.25, -0.2) is 8.78 Å². The first-order chi connectivity index (χ1) is 23.6. The Morgan fingerprint density at radius 1 is 0.549 bits per heavy atom. The monoisotopic (exact) mass is 748 g/mol. The SMILES string of the molecule is Fc1ccc([C@@H]2CC[NH2+]C[C@H]2COc2ccc3c(c2)OCO3)cc1.Fc1ccc([C@@H]2CC[NH2+]C[C@H]2COc2ccc3c(c2)OCO3)cc1.O.[Cl-].[Cl-]. The van der Waals surface area contributed by atoms with Gasteiger partial charge in [-0.2, -0.15) is 0 Å². The van der Waals surface area contributed by atoms with Crippen LogP contribution in [0.5, 0.6) is 34.5 Å². The van der Waals surface area contributed by atoms with E-state index in [0.717, 1.165) is 73.5 Å². The minimum atomic E-state index is -0.186. The molecule has 9 nitrogen and oxygen atoms in total. The van der Waals surface area contributed by atoms with Gasteiger partial charge in [0.05, 0.1) is 39.4 Å². The van der Waals surface area contributed by atoms with Gasteiger partial charge >= 0.3 is 0 Å². The summed E-state index contributed by atoms with van der Waals surface area (Å²) in [5.41, 5.74) is 2.40. The summed E-state index contributed by atoms with van der Waals surface area (Å²) in [6.07, 6.45) is 2.17. The summed E-state index contributed by atoms with van der Waals surface area (Å²) in [7, 11) is 0. The fourth-order valence-electron chi connectivity index (χ4n) is 7.06. The van der Waals surface area contributed by atoms with Crippen molar-refractivity contribution in [1.82, 2.24) is 0 Å². The Kier molecular flexibility index (Phi) is 14.8. The third-order valence-electron chi connectivity index (χ3n) is 9.65. The standard InChI is InChI=1S/2C19H20FNO3.2ClH.H2O/c2*20-15-3-1-13(2-4-15)17-7-8-21-10-14(17)11-22-16-5-6-18-19(9-16)24-12-23-18;;;/h2*1-6,9,14,17,21H,7-8,10-12H2;2*1H;1H2/t2*14-,17-;;;/m00.../s1. The van der Waals surface area contributed by atoms with Gasteiger partial charge < -0.3 is 69.3 Å². The Hall–Kier alpha value is -4.00. The molecule has 0 amide bonds. The second-order valence-corrected chi connectivity index (χ2v) is 12.7. The van der Waals surface area contributed by atoms with Crippen LogP contribution >= 0.6 is 0 Å². The van der Waals surface area contributed by atoms with Crippen molar-refractivity contribution >= 4 is 0 Å². The molecule has 4 atom stereocenters. The summed E-state index contributed by atoms with van der Waals surface area (Å²) in [6.45, 7) is 6.05. The lowest BCUT2D eigenvalue weighted by Gasteiger charge is -2.30. The first kappa shape index (κ1) is 39.8. The first-order valence-corrected chi connectivity index (χ1v) is 16.8. The normalized spacial score (nSPS) is 21.1. The number of benzene rings is 4. The van der Waals surface area contributed by atoms with Crippen molar-refractivity contribution in [3.8, 4) is 34.5 Å². The van der Waals surface area contributed by atoms with E-state index in [1.807, 2.05) is 60.7 Å². The number of piperidine rings is 2. The van der Waals surface area contributed by atoms with E-state index >= 15 is 0 Å². The zero-order valence-corrected chi connectivity index (χ0v) is 29.6. The molecule has 13 heteroatoms. The van der Waals surface area contributed by atoms with Crippen molar-refractivity contribution < 1.29 is 78.1 Å². The lowest BCUT2D eigenvalue weighted by Crippen LogP contribution is -3.00. The molecule has 8 rings (SSSR count). The number of nitrogens with two attached hydrogens (primary N) is 2. The largest absolute Gasteiger partial charge is 1.00 e. The Morgan fingerprint density at radius 3 is 1.35 bits per heavy atom. The minimum Gasteiger partial charge on any atom is -1.00 e. The van der Waals surface area contributed by atoms with Gasteiger partial charge in [-0.15, -0.1) is 0 Å². The van der Waals surface area contributed by atoms with E-state index in [1.54, 1.807) is 24.3 Å². The quantitative estimate of drug-likeness (QED) is 0.211. The van der Waals surface area contributed by atoms with Crippen LogP contribution in [0.1, 0.15) is 35.8 Å². The molecule has 2 saturated heterocycles. The molecule has 2 fully saturated rings. The highest BCUT2D eigenvalue weighted by Gasteiger charge is 2.31. The number of ether oxygens (including phenoxy) is 6. The van der Waals surface area contributed by atoms with Crippen molar-refractivity contribution in [2.45, 2.75) is 24.7 Å². The van der Waals surface area contributed by atoms with Crippen molar-refractivity contribution in [2.75, 3.05) is 53.0 Å². The third kappa shape index (κ3) is 10.1. The highest BCUT2D eigenvalue weighted by Crippen LogP contribution is 2.37. The number of quaternary nitrogens is 2. The molecular weight excluding hydrogens is 705 g/mol. The van der Waals surface area contributed by atoms with Crippen molar-refractivity contribution in [1.29, 1.82) is 0 Å². The van der Waals surface area contributed by atoms with E-state index in [1.165, 1.54) is 11.1 Å². The fraction of sp³-hybridized carbons (Fsp3) is 0.368. The van der Waals surface area contributed by atoms with Crippen LogP contribution in [0.3, 0.4) is 0 Å². The zero-order valence-electron chi connectivity index (χ0n) is 28.1. The smallest absolute Gasteiger partial charge is 0.231 e. The molecule has 0 aromatic heterocycles. The average Bonchev–Trinajstić information content (AvgIpc) is 3.80. The summed E-state index contributed by atoms with van der Waals surface area (Å²) in [6, 6.07) is 25.1. The molecule has 0 unspecified atom stereocenters. The topological polar surface area (TPSA) is 120 Å². The molecule has 276 valence electrons. The van der Waals surface area contributed by atoms with Crippen LogP contribution in [-0.2, 0) is 0 Å². The number of fused-ring (bicyclic) bond motifs is 2. The first-order valence-electron chi connectivity index (χ1n) is 16.8. The molecule has 4 aromatic rings. The van der Waals surface area contributed by atoms with E-state index in [2.05, 4.69) is 10.6 Å². The van der Waals surface area contributed by atoms with Gasteiger partial charge in [0.15, 0.2) is 23.0 Å². The summed E-state index contributed by atoms with van der Waals surface area (Å²) >= 11 is 0. The maximum Gasteiger partial charge on any atom is 0.231 e. The molecule has 4 aromatic carbocycles. The van der Waals surface area contributed by atoms with Crippen LogP contribution < -0.4 is 63.9 Å². The van der Waals surface area contributed by atoms with E-state index in [4.69, 9.17) is 28.4 Å². The number of halogens is 4. The van der Waals surface area contributed by atoms with Crippen LogP contribution in [0, 0.1) is 23.5 Å². The average molecular weight is 750 g/mol. The van der Waals surface area contributed by atoms with E-state index in [0.29, 0.717) is 36.9 Å². The summed E-state index contributed by atoms with van der Waals surface area (Å²) in [5, 5.41) is 4.65. The number of hydrogen-bond acceptors (Lipinski definition) is 6. The van der Waals surface area contributed by atoms with E-state index in [-0.39, 0.29) is 55.5 Å². The van der Waals surface area contributed by atoms with Gasteiger partial charge in [0, 0.05) is 48.6 Å². The Labute approximate surface area is 309 Å².